The predicted octanol–water partition coefficient (Wildman–Crippen LogP) is 3.32. The van der Waals surface area contributed by atoms with Crippen molar-refractivity contribution in [3.8, 4) is 0 Å². The van der Waals surface area contributed by atoms with Crippen molar-refractivity contribution in [3.05, 3.63) is 40.6 Å². The second-order valence-corrected chi connectivity index (χ2v) is 8.79. The molecule has 8 heteroatoms. The number of amides is 1. The molecular weight excluding hydrogens is 368 g/mol. The van der Waals surface area contributed by atoms with Gasteiger partial charge in [-0.1, -0.05) is 41.3 Å². The molecule has 1 saturated heterocycles. The van der Waals surface area contributed by atoms with Crippen molar-refractivity contribution in [2.75, 3.05) is 19.6 Å². The molecule has 6 nitrogen and oxygen atoms in total. The lowest BCUT2D eigenvalue weighted by atomic mass is 10.1. The number of aryl methyl sites for hydroxylation is 1. The second kappa shape index (κ2) is 7.38. The summed E-state index contributed by atoms with van der Waals surface area (Å²) in [5.41, 5.74) is 1.69. The molecule has 0 spiro atoms. The number of hydrogen-bond acceptors (Lipinski definition) is 7. The fourth-order valence-corrected chi connectivity index (χ4v) is 4.99. The third-order valence-corrected chi connectivity index (χ3v) is 6.39. The molecule has 1 amide bonds. The molecule has 1 aliphatic rings. The quantitative estimate of drug-likeness (QED) is 0.692. The molecule has 0 unspecified atom stereocenters. The third-order valence-electron chi connectivity index (χ3n) is 4.40. The van der Waals surface area contributed by atoms with Gasteiger partial charge in [0.15, 0.2) is 10.1 Å². The molecule has 1 aromatic carbocycles. The normalized spacial score (nSPS) is 17.8. The summed E-state index contributed by atoms with van der Waals surface area (Å²) in [6.07, 6.45) is 0. The summed E-state index contributed by atoms with van der Waals surface area (Å²) < 4.78 is 6.89. The molecule has 1 N–H and O–H groups in total. The molecule has 0 radical (unpaired) electrons. The molecule has 4 rings (SSSR count). The fraction of sp³-hybridized carbons (Fsp3) is 0.389. The molecule has 3 heterocycles. The number of carbonyl (C=O) groups excluding carboxylic acids is 1. The Morgan fingerprint density at radius 1 is 1.42 bits per heavy atom. The largest absolute Gasteiger partial charge is 0.451 e. The summed E-state index contributed by atoms with van der Waals surface area (Å²) in [4.78, 5) is 15.0. The van der Waals surface area contributed by atoms with Gasteiger partial charge < -0.3 is 14.6 Å². The summed E-state index contributed by atoms with van der Waals surface area (Å²) in [5.74, 6) is 1.06. The highest BCUT2D eigenvalue weighted by Gasteiger charge is 2.28. The van der Waals surface area contributed by atoms with Gasteiger partial charge in [0, 0.05) is 42.4 Å². The number of hydrogen-bond donors (Lipinski definition) is 1. The third kappa shape index (κ3) is 3.49. The lowest BCUT2D eigenvalue weighted by Crippen LogP contribution is -2.51. The number of rotatable bonds is 4. The van der Waals surface area contributed by atoms with Crippen molar-refractivity contribution in [2.24, 2.45) is 0 Å². The van der Waals surface area contributed by atoms with Crippen molar-refractivity contribution in [2.45, 2.75) is 30.0 Å². The van der Waals surface area contributed by atoms with Gasteiger partial charge in [0.1, 0.15) is 10.6 Å². The molecule has 0 saturated carbocycles. The first kappa shape index (κ1) is 17.5. The van der Waals surface area contributed by atoms with Crippen molar-refractivity contribution >= 4 is 40.0 Å². The molecule has 0 aliphatic carbocycles. The topological polar surface area (TPSA) is 71.3 Å². The van der Waals surface area contributed by atoms with E-state index in [-0.39, 0.29) is 5.91 Å². The van der Waals surface area contributed by atoms with Crippen LogP contribution < -0.4 is 5.32 Å². The summed E-state index contributed by atoms with van der Waals surface area (Å²) in [7, 11) is 0. The van der Waals surface area contributed by atoms with Crippen LogP contribution in [0.15, 0.2) is 33.0 Å². The van der Waals surface area contributed by atoms with Gasteiger partial charge in [-0.15, -0.1) is 10.2 Å². The molecule has 0 bridgehead atoms. The molecule has 136 valence electrons. The SMILES string of the molecule is Cc1nnc(SCc2c(C(=O)N3CCN[C@H](C)C3)oc3ccccc23)s1. The van der Waals surface area contributed by atoms with Gasteiger partial charge in [0.05, 0.1) is 0 Å². The van der Waals surface area contributed by atoms with Gasteiger partial charge in [-0.25, -0.2) is 0 Å². The van der Waals surface area contributed by atoms with Crippen LogP contribution in [0.1, 0.15) is 28.0 Å². The van der Waals surface area contributed by atoms with Crippen molar-refractivity contribution in [1.29, 1.82) is 0 Å². The summed E-state index contributed by atoms with van der Waals surface area (Å²) in [6, 6.07) is 8.12. The minimum absolute atomic E-state index is 0.0291. The molecule has 26 heavy (non-hydrogen) atoms. The van der Waals surface area contributed by atoms with Gasteiger partial charge in [-0.05, 0) is 19.9 Å². The Labute approximate surface area is 160 Å². The average Bonchev–Trinajstić information content (AvgIpc) is 3.22. The van der Waals surface area contributed by atoms with E-state index in [1.54, 1.807) is 23.1 Å². The van der Waals surface area contributed by atoms with E-state index in [4.69, 9.17) is 4.42 Å². The van der Waals surface area contributed by atoms with Crippen molar-refractivity contribution < 1.29 is 9.21 Å². The minimum atomic E-state index is -0.0291. The number of para-hydroxylation sites is 1. The van der Waals surface area contributed by atoms with E-state index in [0.717, 1.165) is 32.4 Å². The molecule has 1 fully saturated rings. The van der Waals surface area contributed by atoms with Crippen LogP contribution in [0.4, 0.5) is 0 Å². The van der Waals surface area contributed by atoms with Crippen LogP contribution in [0, 0.1) is 6.92 Å². The first-order valence-corrected chi connectivity index (χ1v) is 10.4. The number of nitrogens with zero attached hydrogens (tertiary/aromatic N) is 3. The molecule has 3 aromatic rings. The Balaban J connectivity index is 1.65. The van der Waals surface area contributed by atoms with E-state index in [0.29, 0.717) is 30.6 Å². The Hall–Kier alpha value is -1.90. The number of thioether (sulfide) groups is 1. The number of nitrogens with one attached hydrogen (secondary N) is 1. The number of carbonyl (C=O) groups is 1. The van der Waals surface area contributed by atoms with Gasteiger partial charge >= 0.3 is 0 Å². The van der Waals surface area contributed by atoms with E-state index in [1.165, 1.54) is 0 Å². The van der Waals surface area contributed by atoms with Gasteiger partial charge in [-0.3, -0.25) is 4.79 Å². The predicted molar refractivity (Wildman–Crippen MR) is 104 cm³/mol. The van der Waals surface area contributed by atoms with Crippen LogP contribution in [0.25, 0.3) is 11.0 Å². The number of piperazine rings is 1. The van der Waals surface area contributed by atoms with E-state index in [1.807, 2.05) is 36.1 Å². The maximum Gasteiger partial charge on any atom is 0.290 e. The van der Waals surface area contributed by atoms with E-state index < -0.39 is 0 Å². The maximum atomic E-state index is 13.1. The smallest absolute Gasteiger partial charge is 0.290 e. The van der Waals surface area contributed by atoms with E-state index in [2.05, 4.69) is 22.4 Å². The summed E-state index contributed by atoms with van der Waals surface area (Å²) in [5, 5.41) is 13.5. The fourth-order valence-electron chi connectivity index (χ4n) is 3.15. The second-order valence-electron chi connectivity index (χ2n) is 6.39. The number of fused-ring (bicyclic) bond motifs is 1. The van der Waals surface area contributed by atoms with E-state index in [9.17, 15) is 4.79 Å². The van der Waals surface area contributed by atoms with Gasteiger partial charge in [0.25, 0.3) is 5.91 Å². The molecule has 1 atom stereocenters. The van der Waals surface area contributed by atoms with Crippen LogP contribution in [-0.2, 0) is 5.75 Å². The molecule has 1 aliphatic heterocycles. The number of furan rings is 1. The Morgan fingerprint density at radius 3 is 3.04 bits per heavy atom. The highest BCUT2D eigenvalue weighted by Crippen LogP contribution is 2.33. The van der Waals surface area contributed by atoms with E-state index >= 15 is 0 Å². The van der Waals surface area contributed by atoms with Crippen LogP contribution in [0.5, 0.6) is 0 Å². The summed E-state index contributed by atoms with van der Waals surface area (Å²) >= 11 is 3.16. The molecular formula is C18H20N4O2S2. The van der Waals surface area contributed by atoms with Crippen LogP contribution >= 0.6 is 23.1 Å². The van der Waals surface area contributed by atoms with Crippen LogP contribution in [0.3, 0.4) is 0 Å². The highest BCUT2D eigenvalue weighted by atomic mass is 32.2. The van der Waals surface area contributed by atoms with Crippen molar-refractivity contribution in [3.63, 3.8) is 0 Å². The minimum Gasteiger partial charge on any atom is -0.451 e. The standard InChI is InChI=1S/C18H20N4O2S2/c1-11-9-22(8-7-19-11)17(23)16-14(10-25-18-21-20-12(2)26-18)13-5-3-4-6-15(13)24-16/h3-6,11,19H,7-10H2,1-2H3/t11-/m1/s1. The lowest BCUT2D eigenvalue weighted by molar-refractivity contribution is 0.0678. The Kier molecular flexibility index (Phi) is 4.97. The highest BCUT2D eigenvalue weighted by molar-refractivity contribution is 8.00. The number of aromatic nitrogens is 2. The van der Waals surface area contributed by atoms with Gasteiger partial charge in [0.2, 0.25) is 0 Å². The zero-order valence-electron chi connectivity index (χ0n) is 14.7. The average molecular weight is 389 g/mol. The van der Waals surface area contributed by atoms with Gasteiger partial charge in [-0.2, -0.15) is 0 Å². The summed E-state index contributed by atoms with van der Waals surface area (Å²) in [6.45, 7) is 6.23. The first-order chi connectivity index (χ1) is 12.6. The zero-order chi connectivity index (χ0) is 18.1. The monoisotopic (exact) mass is 388 g/mol. The number of benzene rings is 1. The first-order valence-electron chi connectivity index (χ1n) is 8.58. The van der Waals surface area contributed by atoms with Crippen molar-refractivity contribution in [1.82, 2.24) is 20.4 Å². The van der Waals surface area contributed by atoms with Crippen LogP contribution in [-0.4, -0.2) is 46.7 Å². The molecule has 2 aromatic heterocycles. The Morgan fingerprint density at radius 2 is 2.27 bits per heavy atom. The Bertz CT molecular complexity index is 936. The lowest BCUT2D eigenvalue weighted by Gasteiger charge is -2.31. The zero-order valence-corrected chi connectivity index (χ0v) is 16.3. The van der Waals surface area contributed by atoms with Crippen LogP contribution in [0.2, 0.25) is 0 Å². The maximum absolute atomic E-state index is 13.1.